The molecule has 0 amide bonds. The van der Waals surface area contributed by atoms with Crippen molar-refractivity contribution in [2.75, 3.05) is 6.61 Å². The first kappa shape index (κ1) is 18.4. The minimum Gasteiger partial charge on any atom is -0.396 e. The lowest BCUT2D eigenvalue weighted by atomic mass is 9.89. The van der Waals surface area contributed by atoms with Gasteiger partial charge < -0.3 is 26.3 Å². The maximum Gasteiger partial charge on any atom is 0.121 e. The van der Waals surface area contributed by atoms with Crippen LogP contribution in [0.3, 0.4) is 0 Å². The molecular weight excluding hydrogens is 316 g/mol. The summed E-state index contributed by atoms with van der Waals surface area (Å²) in [5.74, 6) is 2.29. The Balaban J connectivity index is 1.54. The first-order valence-corrected chi connectivity index (χ1v) is 9.54. The number of carbonyl (C=O) groups excluding carboxylic acids is 1. The Morgan fingerprint density at radius 1 is 1.48 bits per heavy atom. The lowest BCUT2D eigenvalue weighted by Gasteiger charge is -2.32. The standard InChI is InChI=1S/C19H32N4O2/c1-12-7-17(22-15-4-3-13(8-15)11-25)23-18(21-12)10-19(2,20)16-9-14(16)5-6-24/h6-7,13-16,18,22-23,25H,3-5,8-11,20H2,1-2H3/t13?,14-,15?,16?,18?,19+/m0/s1. The second kappa shape index (κ2) is 7.46. The van der Waals surface area contributed by atoms with E-state index in [2.05, 4.69) is 17.6 Å². The minimum atomic E-state index is -0.313. The molecule has 5 N–H and O–H groups in total. The number of aliphatic hydroxyl groups is 1. The van der Waals surface area contributed by atoms with Gasteiger partial charge in [0.25, 0.3) is 0 Å². The molecule has 0 aromatic carbocycles. The van der Waals surface area contributed by atoms with Gasteiger partial charge in [-0.05, 0) is 63.4 Å². The number of aliphatic imine (C=N–C) groups is 1. The molecule has 0 spiro atoms. The quantitative estimate of drug-likeness (QED) is 0.496. The fourth-order valence-corrected chi connectivity index (χ4v) is 4.52. The largest absolute Gasteiger partial charge is 0.396 e. The highest BCUT2D eigenvalue weighted by Crippen LogP contribution is 2.48. The van der Waals surface area contributed by atoms with Crippen LogP contribution < -0.4 is 16.4 Å². The van der Waals surface area contributed by atoms with E-state index in [4.69, 9.17) is 10.7 Å². The van der Waals surface area contributed by atoms with Gasteiger partial charge in [-0.3, -0.25) is 4.99 Å². The van der Waals surface area contributed by atoms with Crippen LogP contribution in [0.2, 0.25) is 0 Å². The third-order valence-electron chi connectivity index (χ3n) is 6.00. The van der Waals surface area contributed by atoms with E-state index in [1.807, 2.05) is 13.0 Å². The van der Waals surface area contributed by atoms with Gasteiger partial charge in [0.15, 0.2) is 0 Å². The number of nitrogens with one attached hydrogen (secondary N) is 2. The van der Waals surface area contributed by atoms with Crippen LogP contribution in [-0.4, -0.2) is 41.5 Å². The molecule has 0 aromatic rings. The van der Waals surface area contributed by atoms with E-state index in [1.165, 1.54) is 0 Å². The smallest absolute Gasteiger partial charge is 0.121 e. The van der Waals surface area contributed by atoms with E-state index in [1.54, 1.807) is 0 Å². The molecule has 0 saturated heterocycles. The monoisotopic (exact) mass is 348 g/mol. The number of aldehydes is 1. The van der Waals surface area contributed by atoms with Crippen LogP contribution in [-0.2, 0) is 4.79 Å². The van der Waals surface area contributed by atoms with Crippen molar-refractivity contribution in [3.05, 3.63) is 11.9 Å². The van der Waals surface area contributed by atoms with E-state index in [0.717, 1.165) is 49.9 Å². The van der Waals surface area contributed by atoms with Crippen molar-refractivity contribution in [2.24, 2.45) is 28.5 Å². The molecule has 25 heavy (non-hydrogen) atoms. The molecule has 4 unspecified atom stereocenters. The summed E-state index contributed by atoms with van der Waals surface area (Å²) >= 11 is 0. The summed E-state index contributed by atoms with van der Waals surface area (Å²) < 4.78 is 0. The van der Waals surface area contributed by atoms with Crippen molar-refractivity contribution in [3.8, 4) is 0 Å². The summed E-state index contributed by atoms with van der Waals surface area (Å²) in [7, 11) is 0. The molecule has 0 radical (unpaired) electrons. The Labute approximate surface area is 150 Å². The Morgan fingerprint density at radius 2 is 2.28 bits per heavy atom. The number of nitrogens with zero attached hydrogens (tertiary/aromatic N) is 1. The highest BCUT2D eigenvalue weighted by Gasteiger charge is 2.48. The molecule has 0 aromatic heterocycles. The van der Waals surface area contributed by atoms with Crippen molar-refractivity contribution < 1.29 is 9.90 Å². The summed E-state index contributed by atoms with van der Waals surface area (Å²) in [6, 6.07) is 0.409. The second-order valence-corrected chi connectivity index (χ2v) is 8.41. The Kier molecular flexibility index (Phi) is 5.49. The predicted molar refractivity (Wildman–Crippen MR) is 99.0 cm³/mol. The Bertz CT molecular complexity index is 558. The van der Waals surface area contributed by atoms with Crippen LogP contribution in [0.5, 0.6) is 0 Å². The van der Waals surface area contributed by atoms with Crippen molar-refractivity contribution in [1.29, 1.82) is 0 Å². The van der Waals surface area contributed by atoms with E-state index in [-0.39, 0.29) is 18.3 Å². The van der Waals surface area contributed by atoms with Crippen LogP contribution in [0.4, 0.5) is 0 Å². The molecule has 2 saturated carbocycles. The first-order valence-electron chi connectivity index (χ1n) is 9.54. The van der Waals surface area contributed by atoms with Crippen LogP contribution >= 0.6 is 0 Å². The third kappa shape index (κ3) is 4.61. The van der Waals surface area contributed by atoms with Crippen molar-refractivity contribution in [2.45, 2.75) is 70.1 Å². The number of aliphatic hydroxyl groups excluding tert-OH is 1. The Morgan fingerprint density at radius 3 is 2.96 bits per heavy atom. The summed E-state index contributed by atoms with van der Waals surface area (Å²) in [4.78, 5) is 15.4. The summed E-state index contributed by atoms with van der Waals surface area (Å²) in [6.45, 7) is 4.38. The van der Waals surface area contributed by atoms with Gasteiger partial charge in [0.1, 0.15) is 18.3 Å². The molecule has 2 fully saturated rings. The minimum absolute atomic E-state index is 0.0324. The number of carbonyl (C=O) groups is 1. The summed E-state index contributed by atoms with van der Waals surface area (Å²) in [5.41, 5.74) is 7.26. The highest BCUT2D eigenvalue weighted by molar-refractivity contribution is 5.94. The molecular formula is C19H32N4O2. The predicted octanol–water partition coefficient (Wildman–Crippen LogP) is 1.30. The van der Waals surface area contributed by atoms with E-state index in [0.29, 0.717) is 30.2 Å². The van der Waals surface area contributed by atoms with Crippen molar-refractivity contribution in [3.63, 3.8) is 0 Å². The van der Waals surface area contributed by atoms with Crippen molar-refractivity contribution in [1.82, 2.24) is 10.6 Å². The second-order valence-electron chi connectivity index (χ2n) is 8.41. The first-order chi connectivity index (χ1) is 11.9. The van der Waals surface area contributed by atoms with Crippen LogP contribution in [0.15, 0.2) is 16.9 Å². The molecule has 0 bridgehead atoms. The van der Waals surface area contributed by atoms with Gasteiger partial charge in [-0.1, -0.05) is 0 Å². The summed E-state index contributed by atoms with van der Waals surface area (Å²) in [6.07, 6.45) is 8.64. The molecule has 1 aliphatic heterocycles. The Hall–Kier alpha value is -1.40. The van der Waals surface area contributed by atoms with Crippen molar-refractivity contribution >= 4 is 12.0 Å². The molecule has 3 rings (SSSR count). The van der Waals surface area contributed by atoms with E-state index >= 15 is 0 Å². The van der Waals surface area contributed by atoms with Gasteiger partial charge in [-0.15, -0.1) is 0 Å². The van der Waals surface area contributed by atoms with Gasteiger partial charge in [0, 0.05) is 36.7 Å². The molecule has 140 valence electrons. The van der Waals surface area contributed by atoms with E-state index in [9.17, 15) is 9.90 Å². The van der Waals surface area contributed by atoms with E-state index < -0.39 is 0 Å². The zero-order valence-electron chi connectivity index (χ0n) is 15.4. The van der Waals surface area contributed by atoms with Crippen LogP contribution in [0.25, 0.3) is 0 Å². The molecule has 2 aliphatic carbocycles. The molecule has 6 heteroatoms. The normalized spacial score (nSPS) is 36.7. The highest BCUT2D eigenvalue weighted by atomic mass is 16.3. The van der Waals surface area contributed by atoms with Gasteiger partial charge in [0.2, 0.25) is 0 Å². The zero-order valence-corrected chi connectivity index (χ0v) is 15.4. The van der Waals surface area contributed by atoms with Gasteiger partial charge in [-0.25, -0.2) is 0 Å². The fraction of sp³-hybridized carbons (Fsp3) is 0.789. The topological polar surface area (TPSA) is 99.7 Å². The average molecular weight is 348 g/mol. The number of allylic oxidation sites excluding steroid dienone is 1. The summed E-state index contributed by atoms with van der Waals surface area (Å²) in [5, 5.41) is 16.4. The van der Waals surface area contributed by atoms with Gasteiger partial charge >= 0.3 is 0 Å². The number of nitrogens with two attached hydrogens (primary N) is 1. The maximum absolute atomic E-state index is 10.7. The number of hydrogen-bond acceptors (Lipinski definition) is 6. The third-order valence-corrected chi connectivity index (χ3v) is 6.00. The van der Waals surface area contributed by atoms with Crippen LogP contribution in [0.1, 0.15) is 52.4 Å². The lowest BCUT2D eigenvalue weighted by Crippen LogP contribution is -2.48. The van der Waals surface area contributed by atoms with Crippen LogP contribution in [0, 0.1) is 17.8 Å². The number of hydrogen-bond donors (Lipinski definition) is 4. The molecule has 3 aliphatic rings. The molecule has 6 atom stereocenters. The lowest BCUT2D eigenvalue weighted by molar-refractivity contribution is -0.108. The fourth-order valence-electron chi connectivity index (χ4n) is 4.52. The SMILES string of the molecule is CC1=NC(C[C@@](C)(N)C2C[C@@H]2CC=O)NC(NC2CCC(CO)C2)=C1. The maximum atomic E-state index is 10.7. The van der Waals surface area contributed by atoms with Gasteiger partial charge in [0.05, 0.1) is 0 Å². The number of rotatable bonds is 8. The van der Waals surface area contributed by atoms with Gasteiger partial charge in [-0.2, -0.15) is 0 Å². The molecule has 1 heterocycles. The molecule has 6 nitrogen and oxygen atoms in total. The zero-order chi connectivity index (χ0) is 18.0. The average Bonchev–Trinajstić information content (AvgIpc) is 3.17.